The van der Waals surface area contributed by atoms with Crippen LogP contribution in [0.1, 0.15) is 5.56 Å². The van der Waals surface area contributed by atoms with Crippen molar-refractivity contribution in [2.75, 3.05) is 14.2 Å². The fraction of sp³-hybridized carbons (Fsp3) is 0.118. The first-order valence-corrected chi connectivity index (χ1v) is 6.90. The summed E-state index contributed by atoms with van der Waals surface area (Å²) in [6.07, 6.45) is 2.77. The van der Waals surface area contributed by atoms with Gasteiger partial charge in [0.25, 0.3) is 5.69 Å². The van der Waals surface area contributed by atoms with Gasteiger partial charge in [-0.2, -0.15) is 0 Å². The van der Waals surface area contributed by atoms with Gasteiger partial charge in [-0.25, -0.2) is 4.79 Å². The number of methoxy groups -OCH3 is 2. The van der Waals surface area contributed by atoms with Gasteiger partial charge >= 0.3 is 5.97 Å². The largest absolute Gasteiger partial charge is 0.493 e. The first-order valence-electron chi connectivity index (χ1n) is 6.90. The van der Waals surface area contributed by atoms with Crippen molar-refractivity contribution in [1.29, 1.82) is 0 Å². The summed E-state index contributed by atoms with van der Waals surface area (Å²) in [5.41, 5.74) is 0.563. The zero-order valence-corrected chi connectivity index (χ0v) is 13.1. The molecule has 7 heteroatoms. The number of ether oxygens (including phenoxy) is 3. The minimum absolute atomic E-state index is 0.103. The number of hydrogen-bond acceptors (Lipinski definition) is 6. The number of benzene rings is 2. The second kappa shape index (κ2) is 7.77. The van der Waals surface area contributed by atoms with Gasteiger partial charge in [0.15, 0.2) is 11.5 Å². The molecule has 2 aromatic carbocycles. The van der Waals surface area contributed by atoms with Crippen LogP contribution >= 0.6 is 0 Å². The van der Waals surface area contributed by atoms with Crippen LogP contribution in [0.3, 0.4) is 0 Å². The summed E-state index contributed by atoms with van der Waals surface area (Å²) in [5, 5.41) is 10.7. The van der Waals surface area contributed by atoms with Crippen molar-refractivity contribution >= 4 is 17.7 Å². The first-order chi connectivity index (χ1) is 11.5. The molecule has 24 heavy (non-hydrogen) atoms. The second-order valence-corrected chi connectivity index (χ2v) is 4.62. The van der Waals surface area contributed by atoms with E-state index in [4.69, 9.17) is 14.2 Å². The Morgan fingerprint density at radius 3 is 2.50 bits per heavy atom. The smallest absolute Gasteiger partial charge is 0.336 e. The summed E-state index contributed by atoms with van der Waals surface area (Å²) < 4.78 is 15.3. The predicted octanol–water partition coefficient (Wildman–Crippen LogP) is 3.23. The van der Waals surface area contributed by atoms with Gasteiger partial charge in [-0.15, -0.1) is 0 Å². The van der Waals surface area contributed by atoms with Crippen LogP contribution in [0.25, 0.3) is 6.08 Å². The highest BCUT2D eigenvalue weighted by Crippen LogP contribution is 2.28. The molecule has 7 nitrogen and oxygen atoms in total. The number of non-ortho nitro benzene ring substituents is 1. The third-order valence-corrected chi connectivity index (χ3v) is 3.07. The van der Waals surface area contributed by atoms with Crippen molar-refractivity contribution in [3.63, 3.8) is 0 Å². The van der Waals surface area contributed by atoms with Gasteiger partial charge in [0.2, 0.25) is 0 Å². The minimum atomic E-state index is -0.648. The van der Waals surface area contributed by atoms with E-state index in [1.165, 1.54) is 44.6 Å². The van der Waals surface area contributed by atoms with Crippen LogP contribution in [-0.2, 0) is 4.79 Å². The summed E-state index contributed by atoms with van der Waals surface area (Å²) in [6.45, 7) is 0. The molecule has 0 fully saturated rings. The van der Waals surface area contributed by atoms with Gasteiger partial charge in [0.05, 0.1) is 25.2 Å². The third kappa shape index (κ3) is 4.33. The molecule has 0 unspecified atom stereocenters. The number of nitrogens with zero attached hydrogens (tertiary/aromatic N) is 1. The van der Waals surface area contributed by atoms with Crippen molar-refractivity contribution in [2.24, 2.45) is 0 Å². The van der Waals surface area contributed by atoms with E-state index >= 15 is 0 Å². The molecule has 2 rings (SSSR count). The first kappa shape index (κ1) is 17.0. The summed E-state index contributed by atoms with van der Waals surface area (Å²) in [5.74, 6) is 0.567. The number of rotatable bonds is 6. The maximum Gasteiger partial charge on any atom is 0.336 e. The third-order valence-electron chi connectivity index (χ3n) is 3.07. The number of nitro benzene ring substituents is 1. The highest BCUT2D eigenvalue weighted by Gasteiger charge is 2.08. The molecule has 2 aromatic rings. The molecule has 0 saturated carbocycles. The molecule has 0 amide bonds. The summed E-state index contributed by atoms with van der Waals surface area (Å²) in [6, 6.07) is 10.6. The van der Waals surface area contributed by atoms with E-state index in [-0.39, 0.29) is 11.4 Å². The van der Waals surface area contributed by atoms with Gasteiger partial charge in [0.1, 0.15) is 5.75 Å². The lowest BCUT2D eigenvalue weighted by atomic mass is 10.2. The van der Waals surface area contributed by atoms with E-state index < -0.39 is 10.9 Å². The van der Waals surface area contributed by atoms with E-state index in [1.807, 2.05) is 0 Å². The molecule has 0 radical (unpaired) electrons. The normalized spacial score (nSPS) is 10.4. The lowest BCUT2D eigenvalue weighted by Crippen LogP contribution is -2.03. The van der Waals surface area contributed by atoms with Crippen LogP contribution in [0.5, 0.6) is 17.2 Å². The van der Waals surface area contributed by atoms with Crippen molar-refractivity contribution in [2.45, 2.75) is 0 Å². The van der Waals surface area contributed by atoms with Crippen molar-refractivity contribution < 1.29 is 23.9 Å². The van der Waals surface area contributed by atoms with E-state index in [1.54, 1.807) is 24.3 Å². The van der Waals surface area contributed by atoms with Crippen LogP contribution in [0.2, 0.25) is 0 Å². The maximum atomic E-state index is 11.8. The Labute approximate surface area is 138 Å². The van der Waals surface area contributed by atoms with Gasteiger partial charge < -0.3 is 14.2 Å². The zero-order chi connectivity index (χ0) is 17.5. The van der Waals surface area contributed by atoms with E-state index in [0.29, 0.717) is 17.1 Å². The maximum absolute atomic E-state index is 11.8. The number of esters is 1. The van der Waals surface area contributed by atoms with Crippen LogP contribution in [-0.4, -0.2) is 25.1 Å². The van der Waals surface area contributed by atoms with Crippen molar-refractivity contribution in [3.05, 3.63) is 64.2 Å². The highest BCUT2D eigenvalue weighted by molar-refractivity contribution is 5.88. The molecule has 0 aromatic heterocycles. The molecule has 124 valence electrons. The minimum Gasteiger partial charge on any atom is -0.493 e. The Balaban J connectivity index is 2.08. The van der Waals surface area contributed by atoms with Gasteiger partial charge in [-0.05, 0) is 29.8 Å². The molecular formula is C17H15NO6. The highest BCUT2D eigenvalue weighted by atomic mass is 16.6. The summed E-state index contributed by atoms with van der Waals surface area (Å²) in [4.78, 5) is 21.9. The number of carbonyl (C=O) groups excluding carboxylic acids is 1. The van der Waals surface area contributed by atoms with Gasteiger partial charge in [0, 0.05) is 12.1 Å². The number of hydrogen-bond donors (Lipinski definition) is 0. The Morgan fingerprint density at radius 1 is 1.08 bits per heavy atom. The molecule has 0 saturated heterocycles. The topological polar surface area (TPSA) is 87.9 Å². The quantitative estimate of drug-likeness (QED) is 0.266. The van der Waals surface area contributed by atoms with Crippen LogP contribution < -0.4 is 14.2 Å². The average Bonchev–Trinajstić information content (AvgIpc) is 2.59. The number of nitro groups is 1. The lowest BCUT2D eigenvalue weighted by Gasteiger charge is -2.07. The molecule has 0 aliphatic carbocycles. The van der Waals surface area contributed by atoms with E-state index in [0.717, 1.165) is 0 Å². The monoisotopic (exact) mass is 329 g/mol. The Hall–Kier alpha value is -3.35. The number of carbonyl (C=O) groups is 1. The standard InChI is InChI=1S/C17H15NO6/c1-22-15-8-6-12(10-16(15)23-2)7-9-17(19)24-14-5-3-4-13(11-14)18(20)21/h3-11H,1-2H3/b9-7+. The molecule has 0 aliphatic heterocycles. The fourth-order valence-corrected chi connectivity index (χ4v) is 1.93. The van der Waals surface area contributed by atoms with Crippen molar-refractivity contribution in [3.8, 4) is 17.2 Å². The molecular weight excluding hydrogens is 314 g/mol. The summed E-state index contributed by atoms with van der Waals surface area (Å²) in [7, 11) is 3.05. The van der Waals surface area contributed by atoms with Crippen molar-refractivity contribution in [1.82, 2.24) is 0 Å². The molecule has 0 N–H and O–H groups in total. The molecule has 0 spiro atoms. The SMILES string of the molecule is COc1ccc(/C=C/C(=O)Oc2cccc([N+](=O)[O-])c2)cc1OC. The second-order valence-electron chi connectivity index (χ2n) is 4.62. The Morgan fingerprint density at radius 2 is 1.83 bits per heavy atom. The van der Waals surface area contributed by atoms with E-state index in [2.05, 4.69) is 0 Å². The predicted molar refractivity (Wildman–Crippen MR) is 87.3 cm³/mol. The molecule has 0 aliphatic rings. The molecule has 0 bridgehead atoms. The van der Waals surface area contributed by atoms with Gasteiger partial charge in [-0.3, -0.25) is 10.1 Å². The van der Waals surface area contributed by atoms with Crippen LogP contribution in [0.4, 0.5) is 5.69 Å². The molecule has 0 heterocycles. The van der Waals surface area contributed by atoms with Gasteiger partial charge in [-0.1, -0.05) is 12.1 Å². The van der Waals surface area contributed by atoms with Crippen LogP contribution in [0, 0.1) is 10.1 Å². The van der Waals surface area contributed by atoms with Crippen LogP contribution in [0.15, 0.2) is 48.5 Å². The fourth-order valence-electron chi connectivity index (χ4n) is 1.93. The molecule has 0 atom stereocenters. The summed E-state index contributed by atoms with van der Waals surface area (Å²) >= 11 is 0. The van der Waals surface area contributed by atoms with E-state index in [9.17, 15) is 14.9 Å². The Bertz CT molecular complexity index is 784. The average molecular weight is 329 g/mol. The zero-order valence-electron chi connectivity index (χ0n) is 13.1. The lowest BCUT2D eigenvalue weighted by molar-refractivity contribution is -0.384. The Kier molecular flexibility index (Phi) is 5.51.